The lowest BCUT2D eigenvalue weighted by Crippen LogP contribution is -2.41. The molecule has 1 aromatic rings. The van der Waals surface area contributed by atoms with Crippen LogP contribution in [0.15, 0.2) is 30.3 Å². The average molecular weight is 276 g/mol. The van der Waals surface area contributed by atoms with Gasteiger partial charge in [0.1, 0.15) is 0 Å². The molecule has 1 fully saturated rings. The Labute approximate surface area is 123 Å². The van der Waals surface area contributed by atoms with Crippen LogP contribution >= 0.6 is 0 Å². The first-order chi connectivity index (χ1) is 9.47. The van der Waals surface area contributed by atoms with Crippen molar-refractivity contribution >= 4 is 0 Å². The van der Waals surface area contributed by atoms with Crippen LogP contribution in [0.3, 0.4) is 0 Å². The maximum Gasteiger partial charge on any atom is 0.0717 e. The van der Waals surface area contributed by atoms with Crippen LogP contribution in [0.25, 0.3) is 0 Å². The minimum atomic E-state index is -0.574. The second-order valence-electron chi connectivity index (χ2n) is 6.78. The minimum absolute atomic E-state index is 0.158. The predicted molar refractivity (Wildman–Crippen MR) is 82.9 cm³/mol. The van der Waals surface area contributed by atoms with Crippen LogP contribution in [-0.4, -0.2) is 23.4 Å². The molecule has 1 aliphatic carbocycles. The molecule has 2 nitrogen and oxygen atoms in total. The molecule has 0 bridgehead atoms. The lowest BCUT2D eigenvalue weighted by molar-refractivity contribution is -0.0550. The molecule has 20 heavy (non-hydrogen) atoms. The number of benzene rings is 1. The summed E-state index contributed by atoms with van der Waals surface area (Å²) in [6.07, 6.45) is 6.06. The molecule has 2 heteroatoms. The number of methoxy groups -OCH3 is 1. The highest BCUT2D eigenvalue weighted by Gasteiger charge is 2.40. The largest absolute Gasteiger partial charge is 0.389 e. The number of hydrogen-bond donors (Lipinski definition) is 1. The molecule has 2 atom stereocenters. The summed E-state index contributed by atoms with van der Waals surface area (Å²) in [5.74, 6) is 0.269. The summed E-state index contributed by atoms with van der Waals surface area (Å²) < 4.78 is 5.50. The highest BCUT2D eigenvalue weighted by molar-refractivity contribution is 5.23. The molecule has 0 radical (unpaired) electrons. The first-order valence-electron chi connectivity index (χ1n) is 7.79. The third kappa shape index (κ3) is 3.62. The van der Waals surface area contributed by atoms with Crippen LogP contribution < -0.4 is 0 Å². The molecule has 2 unspecified atom stereocenters. The standard InChI is InChI=1S/C18H28O2/c1-17(2,20-3)13-14-18(19)12-8-7-11-16(18)15-9-5-4-6-10-15/h4-6,9-10,16,19H,7-8,11-14H2,1-3H3. The molecular weight excluding hydrogens is 248 g/mol. The van der Waals surface area contributed by atoms with Gasteiger partial charge in [-0.05, 0) is 45.1 Å². The molecule has 1 aromatic carbocycles. The Morgan fingerprint density at radius 3 is 2.60 bits per heavy atom. The molecular formula is C18H28O2. The number of hydrogen-bond acceptors (Lipinski definition) is 2. The van der Waals surface area contributed by atoms with E-state index in [4.69, 9.17) is 4.74 Å². The summed E-state index contributed by atoms with van der Waals surface area (Å²) in [7, 11) is 1.75. The second-order valence-corrected chi connectivity index (χ2v) is 6.78. The van der Waals surface area contributed by atoms with E-state index in [0.29, 0.717) is 0 Å². The fourth-order valence-corrected chi connectivity index (χ4v) is 3.30. The van der Waals surface area contributed by atoms with Crippen molar-refractivity contribution in [3.8, 4) is 0 Å². The zero-order valence-electron chi connectivity index (χ0n) is 13.1. The van der Waals surface area contributed by atoms with Crippen molar-refractivity contribution < 1.29 is 9.84 Å². The highest BCUT2D eigenvalue weighted by Crippen LogP contribution is 2.44. The molecule has 0 spiro atoms. The van der Waals surface area contributed by atoms with E-state index in [-0.39, 0.29) is 11.5 Å². The van der Waals surface area contributed by atoms with Gasteiger partial charge in [-0.15, -0.1) is 0 Å². The Hall–Kier alpha value is -0.860. The molecule has 1 N–H and O–H groups in total. The first kappa shape index (κ1) is 15.5. The van der Waals surface area contributed by atoms with E-state index in [9.17, 15) is 5.11 Å². The maximum atomic E-state index is 11.2. The van der Waals surface area contributed by atoms with Crippen molar-refractivity contribution in [3.05, 3.63) is 35.9 Å². The number of ether oxygens (including phenoxy) is 1. The van der Waals surface area contributed by atoms with E-state index >= 15 is 0 Å². The van der Waals surface area contributed by atoms with Crippen LogP contribution in [0.4, 0.5) is 0 Å². The lowest BCUT2D eigenvalue weighted by atomic mass is 9.69. The van der Waals surface area contributed by atoms with Gasteiger partial charge in [-0.25, -0.2) is 0 Å². The second kappa shape index (κ2) is 6.28. The SMILES string of the molecule is COC(C)(C)CCC1(O)CCCCC1c1ccccc1. The quantitative estimate of drug-likeness (QED) is 0.869. The summed E-state index contributed by atoms with van der Waals surface area (Å²) in [6, 6.07) is 10.5. The van der Waals surface area contributed by atoms with Crippen LogP contribution in [0.2, 0.25) is 0 Å². The van der Waals surface area contributed by atoms with Crippen molar-refractivity contribution in [2.45, 2.75) is 69.5 Å². The van der Waals surface area contributed by atoms with Crippen molar-refractivity contribution in [3.63, 3.8) is 0 Å². The third-order valence-corrected chi connectivity index (χ3v) is 4.92. The molecule has 1 aliphatic rings. The zero-order valence-corrected chi connectivity index (χ0v) is 13.1. The van der Waals surface area contributed by atoms with E-state index in [1.54, 1.807) is 7.11 Å². The van der Waals surface area contributed by atoms with E-state index in [1.807, 2.05) is 6.07 Å². The van der Waals surface area contributed by atoms with Gasteiger partial charge in [0, 0.05) is 13.0 Å². The summed E-state index contributed by atoms with van der Waals surface area (Å²) in [5.41, 5.74) is 0.550. The molecule has 0 saturated heterocycles. The van der Waals surface area contributed by atoms with Crippen molar-refractivity contribution in [1.82, 2.24) is 0 Å². The summed E-state index contributed by atoms with van der Waals surface area (Å²) in [5, 5.41) is 11.2. The molecule has 0 amide bonds. The number of rotatable bonds is 5. The molecule has 0 aromatic heterocycles. The Balaban J connectivity index is 2.13. The fourth-order valence-electron chi connectivity index (χ4n) is 3.30. The molecule has 2 rings (SSSR count). The summed E-state index contributed by atoms with van der Waals surface area (Å²) >= 11 is 0. The molecule has 0 heterocycles. The minimum Gasteiger partial charge on any atom is -0.389 e. The zero-order chi connectivity index (χ0) is 14.6. The van der Waals surface area contributed by atoms with Crippen LogP contribution in [0.1, 0.15) is 63.9 Å². The van der Waals surface area contributed by atoms with E-state index in [2.05, 4.69) is 38.1 Å². The Kier molecular flexibility index (Phi) is 4.87. The normalized spacial score (nSPS) is 27.5. The smallest absolute Gasteiger partial charge is 0.0717 e. The van der Waals surface area contributed by atoms with Crippen molar-refractivity contribution in [1.29, 1.82) is 0 Å². The third-order valence-electron chi connectivity index (χ3n) is 4.92. The monoisotopic (exact) mass is 276 g/mol. The fraction of sp³-hybridized carbons (Fsp3) is 0.667. The first-order valence-corrected chi connectivity index (χ1v) is 7.79. The van der Waals surface area contributed by atoms with Crippen LogP contribution in [0.5, 0.6) is 0 Å². The van der Waals surface area contributed by atoms with Crippen LogP contribution in [-0.2, 0) is 4.74 Å². The Bertz CT molecular complexity index is 413. The van der Waals surface area contributed by atoms with Crippen molar-refractivity contribution in [2.24, 2.45) is 0 Å². The van der Waals surface area contributed by atoms with Gasteiger partial charge in [0.05, 0.1) is 11.2 Å². The van der Waals surface area contributed by atoms with Crippen molar-refractivity contribution in [2.75, 3.05) is 7.11 Å². The predicted octanol–water partition coefficient (Wildman–Crippen LogP) is 4.28. The summed E-state index contributed by atoms with van der Waals surface area (Å²) in [4.78, 5) is 0. The maximum absolute atomic E-state index is 11.2. The average Bonchev–Trinajstić information content (AvgIpc) is 2.47. The topological polar surface area (TPSA) is 29.5 Å². The van der Waals surface area contributed by atoms with E-state index < -0.39 is 5.60 Å². The Morgan fingerprint density at radius 2 is 1.95 bits per heavy atom. The van der Waals surface area contributed by atoms with Gasteiger partial charge < -0.3 is 9.84 Å². The van der Waals surface area contributed by atoms with Gasteiger partial charge in [0.25, 0.3) is 0 Å². The molecule has 0 aliphatic heterocycles. The molecule has 112 valence electrons. The van der Waals surface area contributed by atoms with Gasteiger partial charge in [0.2, 0.25) is 0 Å². The van der Waals surface area contributed by atoms with E-state index in [0.717, 1.165) is 32.1 Å². The lowest BCUT2D eigenvalue weighted by Gasteiger charge is -2.42. The Morgan fingerprint density at radius 1 is 1.25 bits per heavy atom. The van der Waals surface area contributed by atoms with Crippen LogP contribution in [0, 0.1) is 0 Å². The van der Waals surface area contributed by atoms with Gasteiger partial charge in [0.15, 0.2) is 0 Å². The van der Waals surface area contributed by atoms with Gasteiger partial charge >= 0.3 is 0 Å². The van der Waals surface area contributed by atoms with Gasteiger partial charge in [-0.2, -0.15) is 0 Å². The van der Waals surface area contributed by atoms with Gasteiger partial charge in [-0.1, -0.05) is 43.2 Å². The van der Waals surface area contributed by atoms with Gasteiger partial charge in [-0.3, -0.25) is 0 Å². The number of aliphatic hydroxyl groups is 1. The molecule has 1 saturated carbocycles. The van der Waals surface area contributed by atoms with E-state index in [1.165, 1.54) is 12.0 Å². The highest BCUT2D eigenvalue weighted by atomic mass is 16.5. The summed E-state index contributed by atoms with van der Waals surface area (Å²) in [6.45, 7) is 4.19.